The summed E-state index contributed by atoms with van der Waals surface area (Å²) < 4.78 is 5.17. The first-order valence-corrected chi connectivity index (χ1v) is 5.32. The molecule has 0 spiro atoms. The smallest absolute Gasteiger partial charge is 0.256 e. The van der Waals surface area contributed by atoms with E-state index in [-0.39, 0.29) is 17.3 Å². The highest BCUT2D eigenvalue weighted by Crippen LogP contribution is 2.21. The third-order valence-electron chi connectivity index (χ3n) is 2.67. The van der Waals surface area contributed by atoms with E-state index in [1.165, 1.54) is 18.2 Å². The maximum Gasteiger partial charge on any atom is 0.256 e. The van der Waals surface area contributed by atoms with Gasteiger partial charge in [0.1, 0.15) is 5.69 Å². The Morgan fingerprint density at radius 1 is 1.35 bits per heavy atom. The van der Waals surface area contributed by atoms with Crippen molar-refractivity contribution in [3.8, 4) is 0 Å². The van der Waals surface area contributed by atoms with Gasteiger partial charge in [-0.2, -0.15) is 0 Å². The fraction of sp³-hybridized carbons (Fsp3) is 0.364. The number of ether oxygens (including phenoxy) is 1. The average molecular weight is 235 g/mol. The molecule has 0 aliphatic carbocycles. The summed E-state index contributed by atoms with van der Waals surface area (Å²) in [7, 11) is 0. The van der Waals surface area contributed by atoms with Crippen molar-refractivity contribution in [1.29, 1.82) is 0 Å². The van der Waals surface area contributed by atoms with Crippen LogP contribution in [-0.2, 0) is 4.74 Å². The minimum Gasteiger partial charge on any atom is -0.398 e. The molecule has 2 N–H and O–H groups in total. The van der Waals surface area contributed by atoms with Crippen LogP contribution in [-0.4, -0.2) is 37.1 Å². The number of carbonyl (C=O) groups is 1. The number of hydrogen-bond donors (Lipinski definition) is 1. The van der Waals surface area contributed by atoms with Crippen LogP contribution < -0.4 is 5.73 Å². The molecule has 1 aromatic carbocycles. The van der Waals surface area contributed by atoms with Crippen molar-refractivity contribution in [2.45, 2.75) is 0 Å². The van der Waals surface area contributed by atoms with E-state index in [2.05, 4.69) is 5.18 Å². The lowest BCUT2D eigenvalue weighted by Crippen LogP contribution is -2.40. The summed E-state index contributed by atoms with van der Waals surface area (Å²) >= 11 is 0. The van der Waals surface area contributed by atoms with Crippen molar-refractivity contribution in [1.82, 2.24) is 4.90 Å². The molecule has 0 radical (unpaired) electrons. The first kappa shape index (κ1) is 11.5. The summed E-state index contributed by atoms with van der Waals surface area (Å²) in [4.78, 5) is 24.1. The van der Waals surface area contributed by atoms with Crippen molar-refractivity contribution >= 4 is 17.3 Å². The molecule has 90 valence electrons. The fourth-order valence-corrected chi connectivity index (χ4v) is 1.74. The van der Waals surface area contributed by atoms with E-state index in [1.54, 1.807) is 4.90 Å². The predicted molar refractivity (Wildman–Crippen MR) is 63.0 cm³/mol. The Morgan fingerprint density at radius 3 is 2.65 bits per heavy atom. The Balaban J connectivity index is 2.21. The standard InChI is InChI=1S/C11H13N3O3/c12-10-7-8(13-16)1-2-9(10)11(15)14-3-5-17-6-4-14/h1-2,7H,3-6,12H2. The van der Waals surface area contributed by atoms with Crippen LogP contribution in [0.15, 0.2) is 23.4 Å². The number of morpholine rings is 1. The highest BCUT2D eigenvalue weighted by Gasteiger charge is 2.20. The number of carbonyl (C=O) groups excluding carboxylic acids is 1. The van der Waals surface area contributed by atoms with Gasteiger partial charge in [0.2, 0.25) is 0 Å². The van der Waals surface area contributed by atoms with Gasteiger partial charge in [0.25, 0.3) is 5.91 Å². The lowest BCUT2D eigenvalue weighted by Gasteiger charge is -2.27. The first-order chi connectivity index (χ1) is 8.22. The molecule has 17 heavy (non-hydrogen) atoms. The lowest BCUT2D eigenvalue weighted by atomic mass is 10.1. The van der Waals surface area contributed by atoms with Gasteiger partial charge in [-0.05, 0) is 23.4 Å². The Labute approximate surface area is 98.3 Å². The summed E-state index contributed by atoms with van der Waals surface area (Å²) in [6.07, 6.45) is 0. The van der Waals surface area contributed by atoms with Crippen LogP contribution in [0.3, 0.4) is 0 Å². The topological polar surface area (TPSA) is 85.0 Å². The number of hydrogen-bond acceptors (Lipinski definition) is 5. The summed E-state index contributed by atoms with van der Waals surface area (Å²) in [6.45, 7) is 2.21. The van der Waals surface area contributed by atoms with Crippen LogP contribution in [0.1, 0.15) is 10.4 Å². The summed E-state index contributed by atoms with van der Waals surface area (Å²) in [5.41, 5.74) is 6.63. The Bertz CT molecular complexity index is 442. The maximum atomic E-state index is 12.1. The predicted octanol–water partition coefficient (Wildman–Crippen LogP) is 1.14. The molecule has 6 nitrogen and oxygen atoms in total. The number of nitrogen functional groups attached to an aromatic ring is 1. The van der Waals surface area contributed by atoms with Crippen LogP contribution in [0.5, 0.6) is 0 Å². The van der Waals surface area contributed by atoms with Crippen LogP contribution in [0.4, 0.5) is 11.4 Å². The minimum atomic E-state index is -0.136. The van der Waals surface area contributed by atoms with Crippen molar-refractivity contribution in [2.75, 3.05) is 32.0 Å². The first-order valence-electron chi connectivity index (χ1n) is 5.32. The van der Waals surface area contributed by atoms with Gasteiger partial charge < -0.3 is 15.4 Å². The number of anilines is 1. The second-order valence-corrected chi connectivity index (χ2v) is 3.77. The monoisotopic (exact) mass is 235 g/mol. The SMILES string of the molecule is Nc1cc(N=O)ccc1C(=O)N1CCOCC1. The van der Waals surface area contributed by atoms with E-state index in [9.17, 15) is 9.70 Å². The summed E-state index contributed by atoms with van der Waals surface area (Å²) in [5, 5.41) is 2.77. The van der Waals surface area contributed by atoms with Crippen molar-refractivity contribution in [3.63, 3.8) is 0 Å². The summed E-state index contributed by atoms with van der Waals surface area (Å²) in [5.74, 6) is -0.136. The van der Waals surface area contributed by atoms with Gasteiger partial charge >= 0.3 is 0 Å². The van der Waals surface area contributed by atoms with E-state index in [0.29, 0.717) is 31.9 Å². The molecule has 0 unspecified atom stereocenters. The van der Waals surface area contributed by atoms with Crippen molar-refractivity contribution < 1.29 is 9.53 Å². The van der Waals surface area contributed by atoms with Gasteiger partial charge in [0, 0.05) is 18.8 Å². The molecule has 1 aromatic rings. The third kappa shape index (κ3) is 2.42. The Morgan fingerprint density at radius 2 is 2.06 bits per heavy atom. The highest BCUT2D eigenvalue weighted by atomic mass is 16.5. The van der Waals surface area contributed by atoms with E-state index < -0.39 is 0 Å². The van der Waals surface area contributed by atoms with Gasteiger partial charge in [0.05, 0.1) is 18.8 Å². The largest absolute Gasteiger partial charge is 0.398 e. The number of amides is 1. The molecule has 0 aromatic heterocycles. The van der Waals surface area contributed by atoms with Gasteiger partial charge in [-0.3, -0.25) is 4.79 Å². The zero-order valence-electron chi connectivity index (χ0n) is 9.26. The quantitative estimate of drug-likeness (QED) is 0.615. The number of rotatable bonds is 2. The van der Waals surface area contributed by atoms with Crippen molar-refractivity contribution in [3.05, 3.63) is 28.7 Å². The van der Waals surface area contributed by atoms with E-state index in [0.717, 1.165) is 0 Å². The van der Waals surface area contributed by atoms with Gasteiger partial charge in [0.15, 0.2) is 0 Å². The second-order valence-electron chi connectivity index (χ2n) is 3.77. The van der Waals surface area contributed by atoms with Gasteiger partial charge in [-0.25, -0.2) is 0 Å². The van der Waals surface area contributed by atoms with Crippen LogP contribution in [0.25, 0.3) is 0 Å². The molecular weight excluding hydrogens is 222 g/mol. The zero-order valence-corrected chi connectivity index (χ0v) is 9.26. The molecule has 6 heteroatoms. The molecule has 1 saturated heterocycles. The number of nitroso groups, excluding NO2 is 1. The molecule has 1 amide bonds. The van der Waals surface area contributed by atoms with Gasteiger partial charge in [-0.1, -0.05) is 0 Å². The Kier molecular flexibility index (Phi) is 3.34. The van der Waals surface area contributed by atoms with E-state index in [4.69, 9.17) is 10.5 Å². The minimum absolute atomic E-state index is 0.136. The average Bonchev–Trinajstić information content (AvgIpc) is 2.39. The van der Waals surface area contributed by atoms with Crippen LogP contribution in [0.2, 0.25) is 0 Å². The Hall–Kier alpha value is -1.95. The normalized spacial score (nSPS) is 15.6. The molecule has 0 bridgehead atoms. The molecule has 0 atom stereocenters. The number of nitrogens with two attached hydrogens (primary N) is 1. The third-order valence-corrected chi connectivity index (χ3v) is 2.67. The summed E-state index contributed by atoms with van der Waals surface area (Å²) in [6, 6.07) is 4.42. The second kappa shape index (κ2) is 4.92. The van der Waals surface area contributed by atoms with E-state index in [1.807, 2.05) is 0 Å². The number of benzene rings is 1. The molecule has 0 saturated carbocycles. The maximum absolute atomic E-state index is 12.1. The molecule has 1 aliphatic rings. The lowest BCUT2D eigenvalue weighted by molar-refractivity contribution is 0.0303. The van der Waals surface area contributed by atoms with Crippen LogP contribution >= 0.6 is 0 Å². The zero-order chi connectivity index (χ0) is 12.3. The van der Waals surface area contributed by atoms with Crippen LogP contribution in [0, 0.1) is 4.91 Å². The number of nitrogens with zero attached hydrogens (tertiary/aromatic N) is 2. The fourth-order valence-electron chi connectivity index (χ4n) is 1.74. The molecule has 1 heterocycles. The molecule has 1 aliphatic heterocycles. The van der Waals surface area contributed by atoms with Crippen molar-refractivity contribution in [2.24, 2.45) is 5.18 Å². The molecular formula is C11H13N3O3. The molecule has 1 fully saturated rings. The van der Waals surface area contributed by atoms with Gasteiger partial charge in [-0.15, -0.1) is 4.91 Å². The van der Waals surface area contributed by atoms with E-state index >= 15 is 0 Å². The molecule has 2 rings (SSSR count). The highest BCUT2D eigenvalue weighted by molar-refractivity contribution is 5.99.